The molecule has 1 aromatic rings. The van der Waals surface area contributed by atoms with Crippen LogP contribution >= 0.6 is 0 Å². The van der Waals surface area contributed by atoms with Crippen molar-refractivity contribution >= 4 is 5.69 Å². The van der Waals surface area contributed by atoms with Crippen LogP contribution in [0.3, 0.4) is 0 Å². The van der Waals surface area contributed by atoms with E-state index in [1.807, 2.05) is 38.1 Å². The van der Waals surface area contributed by atoms with E-state index in [1.54, 1.807) is 0 Å². The van der Waals surface area contributed by atoms with Gasteiger partial charge in [-0.1, -0.05) is 0 Å². The molecule has 3 heteroatoms. The van der Waals surface area contributed by atoms with Crippen LogP contribution in [-0.4, -0.2) is 12.8 Å². The second-order valence-corrected chi connectivity index (χ2v) is 3.07. The van der Waals surface area contributed by atoms with E-state index in [4.69, 9.17) is 10.5 Å². The number of hydrogen-bond acceptors (Lipinski definition) is 3. The van der Waals surface area contributed by atoms with Crippen molar-refractivity contribution in [3.8, 4) is 5.75 Å². The predicted molar refractivity (Wildman–Crippen MR) is 54.9 cm³/mol. The minimum Gasteiger partial charge on any atom is -0.491 e. The maximum absolute atomic E-state index is 5.49. The summed E-state index contributed by atoms with van der Waals surface area (Å²) in [6, 6.07) is 7.76. The molecule has 1 rings (SSSR count). The number of benzene rings is 1. The Hall–Kier alpha value is -1.22. The van der Waals surface area contributed by atoms with E-state index in [1.165, 1.54) is 0 Å². The molecule has 13 heavy (non-hydrogen) atoms. The lowest BCUT2D eigenvalue weighted by Crippen LogP contribution is -2.10. The summed E-state index contributed by atoms with van der Waals surface area (Å²) in [5.41, 5.74) is 6.35. The van der Waals surface area contributed by atoms with Crippen molar-refractivity contribution < 1.29 is 4.74 Å². The van der Waals surface area contributed by atoms with Crippen molar-refractivity contribution in [1.29, 1.82) is 0 Å². The van der Waals surface area contributed by atoms with Crippen molar-refractivity contribution in [2.75, 3.05) is 12.0 Å². The lowest BCUT2D eigenvalue weighted by atomic mass is 10.3. The molecule has 0 aliphatic rings. The van der Waals surface area contributed by atoms with Crippen LogP contribution in [0, 0.1) is 0 Å². The molecule has 0 saturated carbocycles. The lowest BCUT2D eigenvalue weighted by molar-refractivity contribution is 0.242. The molecule has 0 aliphatic heterocycles. The highest BCUT2D eigenvalue weighted by Crippen LogP contribution is 2.16. The molecule has 1 aromatic carbocycles. The third kappa shape index (κ3) is 3.34. The van der Waals surface area contributed by atoms with Gasteiger partial charge in [-0.15, -0.1) is 0 Å². The Morgan fingerprint density at radius 1 is 1.31 bits per heavy atom. The molecule has 0 radical (unpaired) electrons. The first-order valence-electron chi connectivity index (χ1n) is 4.43. The Labute approximate surface area is 78.9 Å². The number of rotatable bonds is 4. The number of nitrogens with two attached hydrogens (primary N) is 1. The summed E-state index contributed by atoms with van der Waals surface area (Å²) in [6.45, 7) is 4.46. The number of hydrogen-bond donors (Lipinski definition) is 2. The van der Waals surface area contributed by atoms with E-state index in [9.17, 15) is 0 Å². The van der Waals surface area contributed by atoms with Gasteiger partial charge in [0.2, 0.25) is 0 Å². The Morgan fingerprint density at radius 2 is 1.92 bits per heavy atom. The highest BCUT2D eigenvalue weighted by atomic mass is 16.5. The topological polar surface area (TPSA) is 47.3 Å². The Morgan fingerprint density at radius 3 is 2.38 bits per heavy atom. The van der Waals surface area contributed by atoms with Crippen LogP contribution in [0.15, 0.2) is 24.3 Å². The zero-order valence-electron chi connectivity index (χ0n) is 8.08. The first-order valence-corrected chi connectivity index (χ1v) is 4.43. The fourth-order valence-electron chi connectivity index (χ4n) is 1.04. The largest absolute Gasteiger partial charge is 0.491 e. The zero-order chi connectivity index (χ0) is 9.68. The van der Waals surface area contributed by atoms with E-state index in [2.05, 4.69) is 5.32 Å². The monoisotopic (exact) mass is 180 g/mol. The summed E-state index contributed by atoms with van der Waals surface area (Å²) < 4.78 is 5.49. The van der Waals surface area contributed by atoms with Gasteiger partial charge in [0, 0.05) is 5.69 Å². The van der Waals surface area contributed by atoms with Gasteiger partial charge in [-0.05, 0) is 38.1 Å². The van der Waals surface area contributed by atoms with Gasteiger partial charge >= 0.3 is 0 Å². The molecule has 0 fully saturated rings. The van der Waals surface area contributed by atoms with Gasteiger partial charge < -0.3 is 15.8 Å². The number of nitrogens with one attached hydrogen (secondary N) is 1. The molecular weight excluding hydrogens is 164 g/mol. The molecule has 3 nitrogen and oxygen atoms in total. The average molecular weight is 180 g/mol. The van der Waals surface area contributed by atoms with E-state index in [0.717, 1.165) is 11.4 Å². The second kappa shape index (κ2) is 4.72. The standard InChI is InChI=1S/C10H16N2O/c1-8(2)13-10-5-3-9(4-6-10)12-7-11/h3-6,8,12H,7,11H2,1-2H3. The van der Waals surface area contributed by atoms with E-state index < -0.39 is 0 Å². The quantitative estimate of drug-likeness (QED) is 0.694. The van der Waals surface area contributed by atoms with E-state index in [0.29, 0.717) is 6.67 Å². The summed E-state index contributed by atoms with van der Waals surface area (Å²) >= 11 is 0. The van der Waals surface area contributed by atoms with Gasteiger partial charge in [-0.25, -0.2) is 0 Å². The Bertz CT molecular complexity index is 244. The van der Waals surface area contributed by atoms with Crippen LogP contribution in [0.4, 0.5) is 5.69 Å². The van der Waals surface area contributed by atoms with Gasteiger partial charge in [0.1, 0.15) is 5.75 Å². The fourth-order valence-corrected chi connectivity index (χ4v) is 1.04. The van der Waals surface area contributed by atoms with Crippen molar-refractivity contribution in [3.05, 3.63) is 24.3 Å². The third-order valence-corrected chi connectivity index (χ3v) is 1.53. The highest BCUT2D eigenvalue weighted by Gasteiger charge is 1.96. The fraction of sp³-hybridized carbons (Fsp3) is 0.400. The van der Waals surface area contributed by atoms with Gasteiger partial charge in [0.15, 0.2) is 0 Å². The predicted octanol–water partition coefficient (Wildman–Crippen LogP) is 1.80. The lowest BCUT2D eigenvalue weighted by Gasteiger charge is -2.10. The van der Waals surface area contributed by atoms with Crippen LogP contribution < -0.4 is 15.8 Å². The number of ether oxygens (including phenoxy) is 1. The van der Waals surface area contributed by atoms with Crippen LogP contribution in [0.5, 0.6) is 5.75 Å². The van der Waals surface area contributed by atoms with Crippen LogP contribution in [-0.2, 0) is 0 Å². The van der Waals surface area contributed by atoms with Crippen molar-refractivity contribution in [3.63, 3.8) is 0 Å². The Balaban J connectivity index is 2.59. The summed E-state index contributed by atoms with van der Waals surface area (Å²) in [7, 11) is 0. The number of anilines is 1. The molecule has 0 aromatic heterocycles. The molecule has 3 N–H and O–H groups in total. The molecule has 0 heterocycles. The van der Waals surface area contributed by atoms with Crippen LogP contribution in [0.25, 0.3) is 0 Å². The van der Waals surface area contributed by atoms with E-state index >= 15 is 0 Å². The van der Waals surface area contributed by atoms with Gasteiger partial charge in [-0.3, -0.25) is 0 Å². The van der Waals surface area contributed by atoms with Gasteiger partial charge in [0.05, 0.1) is 12.8 Å². The van der Waals surface area contributed by atoms with Crippen LogP contribution in [0.2, 0.25) is 0 Å². The molecule has 0 spiro atoms. The van der Waals surface area contributed by atoms with E-state index in [-0.39, 0.29) is 6.10 Å². The van der Waals surface area contributed by atoms with Gasteiger partial charge in [-0.2, -0.15) is 0 Å². The maximum Gasteiger partial charge on any atom is 0.119 e. The van der Waals surface area contributed by atoms with Crippen molar-refractivity contribution in [1.82, 2.24) is 0 Å². The SMILES string of the molecule is CC(C)Oc1ccc(NCN)cc1. The highest BCUT2D eigenvalue weighted by molar-refractivity contribution is 5.46. The summed E-state index contributed by atoms with van der Waals surface area (Å²) in [6.07, 6.45) is 0.216. The molecule has 0 amide bonds. The first-order chi connectivity index (χ1) is 6.22. The first kappa shape index (κ1) is 9.86. The summed E-state index contributed by atoms with van der Waals surface area (Å²) in [5, 5.41) is 3.01. The normalized spacial score (nSPS) is 10.2. The minimum absolute atomic E-state index is 0.216. The van der Waals surface area contributed by atoms with Gasteiger partial charge in [0.25, 0.3) is 0 Å². The molecule has 0 atom stereocenters. The summed E-state index contributed by atoms with van der Waals surface area (Å²) in [5.74, 6) is 0.887. The zero-order valence-corrected chi connectivity index (χ0v) is 8.08. The average Bonchev–Trinajstić information content (AvgIpc) is 2.08. The molecule has 0 unspecified atom stereocenters. The van der Waals surface area contributed by atoms with Crippen LogP contribution in [0.1, 0.15) is 13.8 Å². The second-order valence-electron chi connectivity index (χ2n) is 3.07. The molecular formula is C10H16N2O. The maximum atomic E-state index is 5.49. The van der Waals surface area contributed by atoms with Crippen molar-refractivity contribution in [2.45, 2.75) is 20.0 Å². The molecule has 72 valence electrons. The minimum atomic E-state index is 0.216. The molecule has 0 saturated heterocycles. The third-order valence-electron chi connectivity index (χ3n) is 1.53. The molecule has 0 aliphatic carbocycles. The smallest absolute Gasteiger partial charge is 0.119 e. The van der Waals surface area contributed by atoms with Crippen molar-refractivity contribution in [2.24, 2.45) is 5.73 Å². The Kier molecular flexibility index (Phi) is 3.58. The summed E-state index contributed by atoms with van der Waals surface area (Å²) in [4.78, 5) is 0. The molecule has 0 bridgehead atoms.